The van der Waals surface area contributed by atoms with Crippen molar-refractivity contribution in [2.45, 2.75) is 38.7 Å². The molecule has 2 aliphatic rings. The lowest BCUT2D eigenvalue weighted by Gasteiger charge is -2.35. The first-order valence-corrected chi connectivity index (χ1v) is 7.88. The summed E-state index contributed by atoms with van der Waals surface area (Å²) in [6.07, 6.45) is 2.73. The van der Waals surface area contributed by atoms with E-state index in [-0.39, 0.29) is 17.9 Å². The number of aliphatic hydroxyl groups excluding tert-OH is 1. The van der Waals surface area contributed by atoms with Gasteiger partial charge in [0.05, 0.1) is 18.6 Å². The highest BCUT2D eigenvalue weighted by Gasteiger charge is 2.29. The van der Waals surface area contributed by atoms with Crippen LogP contribution in [0.1, 0.15) is 32.6 Å². The summed E-state index contributed by atoms with van der Waals surface area (Å²) in [4.78, 5) is 27.1. The second kappa shape index (κ2) is 7.22. The van der Waals surface area contributed by atoms with E-state index in [4.69, 9.17) is 5.11 Å². The van der Waals surface area contributed by atoms with E-state index < -0.39 is 5.97 Å². The number of amides is 1. The molecule has 1 unspecified atom stereocenters. The summed E-state index contributed by atoms with van der Waals surface area (Å²) >= 11 is 0. The number of piperidine rings is 2. The van der Waals surface area contributed by atoms with Crippen LogP contribution in [0.5, 0.6) is 0 Å². The number of aliphatic carboxylic acids is 1. The second-order valence-corrected chi connectivity index (χ2v) is 6.35. The molecule has 0 radical (unpaired) electrons. The van der Waals surface area contributed by atoms with Crippen molar-refractivity contribution in [3.63, 3.8) is 0 Å². The molecule has 0 aromatic carbocycles. The van der Waals surface area contributed by atoms with Crippen LogP contribution >= 0.6 is 0 Å². The highest BCUT2D eigenvalue weighted by atomic mass is 16.4. The Morgan fingerprint density at radius 2 is 1.67 bits per heavy atom. The van der Waals surface area contributed by atoms with Crippen LogP contribution in [0, 0.1) is 11.8 Å². The summed E-state index contributed by atoms with van der Waals surface area (Å²) in [6.45, 7) is 5.07. The van der Waals surface area contributed by atoms with Gasteiger partial charge < -0.3 is 15.1 Å². The minimum atomic E-state index is -0.748. The van der Waals surface area contributed by atoms with Gasteiger partial charge >= 0.3 is 5.97 Å². The Bertz CT molecular complexity index is 370. The third-order valence-electron chi connectivity index (χ3n) is 4.87. The normalized spacial score (nSPS) is 24.0. The van der Waals surface area contributed by atoms with E-state index in [1.54, 1.807) is 4.90 Å². The highest BCUT2D eigenvalue weighted by Crippen LogP contribution is 2.21. The van der Waals surface area contributed by atoms with Crippen LogP contribution in [0.4, 0.5) is 0 Å². The zero-order valence-corrected chi connectivity index (χ0v) is 12.7. The van der Waals surface area contributed by atoms with Crippen LogP contribution in [-0.2, 0) is 9.59 Å². The smallest absolute Gasteiger partial charge is 0.306 e. The Kier molecular flexibility index (Phi) is 5.58. The lowest BCUT2D eigenvalue weighted by Crippen LogP contribution is -2.47. The lowest BCUT2D eigenvalue weighted by atomic mass is 9.92. The van der Waals surface area contributed by atoms with Gasteiger partial charge in [-0.05, 0) is 51.6 Å². The van der Waals surface area contributed by atoms with Crippen molar-refractivity contribution in [2.75, 3.05) is 32.7 Å². The zero-order chi connectivity index (χ0) is 15.4. The third-order valence-corrected chi connectivity index (χ3v) is 4.87. The maximum absolute atomic E-state index is 12.2. The van der Waals surface area contributed by atoms with Crippen molar-refractivity contribution in [1.82, 2.24) is 9.80 Å². The van der Waals surface area contributed by atoms with Gasteiger partial charge in [0.15, 0.2) is 0 Å². The number of hydrogen-bond acceptors (Lipinski definition) is 4. The van der Waals surface area contributed by atoms with Crippen LogP contribution < -0.4 is 0 Å². The Morgan fingerprint density at radius 3 is 2.14 bits per heavy atom. The van der Waals surface area contributed by atoms with Crippen LogP contribution in [0.25, 0.3) is 0 Å². The average molecular weight is 298 g/mol. The van der Waals surface area contributed by atoms with Crippen molar-refractivity contribution in [2.24, 2.45) is 11.8 Å². The minimum Gasteiger partial charge on any atom is -0.481 e. The van der Waals surface area contributed by atoms with E-state index >= 15 is 0 Å². The van der Waals surface area contributed by atoms with E-state index in [1.165, 1.54) is 0 Å². The summed E-state index contributed by atoms with van der Waals surface area (Å²) in [7, 11) is 0. The molecule has 2 aliphatic heterocycles. The van der Waals surface area contributed by atoms with Gasteiger partial charge in [-0.1, -0.05) is 0 Å². The van der Waals surface area contributed by atoms with Gasteiger partial charge in [0.1, 0.15) is 0 Å². The maximum Gasteiger partial charge on any atom is 0.306 e. The molecule has 6 nitrogen and oxygen atoms in total. The van der Waals surface area contributed by atoms with E-state index in [0.717, 1.165) is 25.9 Å². The van der Waals surface area contributed by atoms with E-state index in [9.17, 15) is 14.7 Å². The Balaban J connectivity index is 1.72. The standard InChI is InChI=1S/C15H26N2O4/c1-11(18)12-2-6-16(7-3-12)10-14(19)17-8-4-13(5-9-17)15(20)21/h11-13,18H,2-10H2,1H3,(H,20,21). The average Bonchev–Trinajstić information content (AvgIpc) is 2.47. The summed E-state index contributed by atoms with van der Waals surface area (Å²) in [5.74, 6) is -0.588. The number of carboxylic acid groups (broad SMARTS) is 1. The van der Waals surface area contributed by atoms with E-state index in [2.05, 4.69) is 4.90 Å². The molecule has 0 bridgehead atoms. The van der Waals surface area contributed by atoms with E-state index in [0.29, 0.717) is 38.4 Å². The summed E-state index contributed by atoms with van der Waals surface area (Å²) in [5.41, 5.74) is 0. The fraction of sp³-hybridized carbons (Fsp3) is 0.867. The van der Waals surface area contributed by atoms with Crippen LogP contribution in [0.2, 0.25) is 0 Å². The van der Waals surface area contributed by atoms with Gasteiger partial charge in [-0.2, -0.15) is 0 Å². The van der Waals surface area contributed by atoms with Gasteiger partial charge in [0, 0.05) is 13.1 Å². The second-order valence-electron chi connectivity index (χ2n) is 6.35. The Hall–Kier alpha value is -1.14. The number of rotatable bonds is 4. The largest absolute Gasteiger partial charge is 0.481 e. The molecule has 2 fully saturated rings. The topological polar surface area (TPSA) is 81.1 Å². The molecular weight excluding hydrogens is 272 g/mol. The lowest BCUT2D eigenvalue weighted by molar-refractivity contribution is -0.146. The first-order valence-electron chi connectivity index (χ1n) is 7.88. The first-order chi connectivity index (χ1) is 9.97. The Morgan fingerprint density at radius 1 is 1.10 bits per heavy atom. The maximum atomic E-state index is 12.2. The van der Waals surface area contributed by atoms with Crippen LogP contribution in [0.3, 0.4) is 0 Å². The molecule has 0 aromatic heterocycles. The fourth-order valence-corrected chi connectivity index (χ4v) is 3.26. The Labute approximate surface area is 125 Å². The van der Waals surface area contributed by atoms with Crippen LogP contribution in [0.15, 0.2) is 0 Å². The van der Waals surface area contributed by atoms with Crippen molar-refractivity contribution in [3.8, 4) is 0 Å². The number of carbonyl (C=O) groups excluding carboxylic acids is 1. The molecule has 2 saturated heterocycles. The number of carbonyl (C=O) groups is 2. The van der Waals surface area contributed by atoms with Gasteiger partial charge in [0.2, 0.25) is 5.91 Å². The summed E-state index contributed by atoms with van der Waals surface area (Å²) in [6, 6.07) is 0. The highest BCUT2D eigenvalue weighted by molar-refractivity contribution is 5.79. The third kappa shape index (κ3) is 4.41. The van der Waals surface area contributed by atoms with Crippen LogP contribution in [-0.4, -0.2) is 70.7 Å². The number of aliphatic hydroxyl groups is 1. The van der Waals surface area contributed by atoms with Gasteiger partial charge in [-0.3, -0.25) is 14.5 Å². The number of likely N-dealkylation sites (tertiary alicyclic amines) is 2. The summed E-state index contributed by atoms with van der Waals surface area (Å²) < 4.78 is 0. The molecule has 0 aliphatic carbocycles. The molecule has 21 heavy (non-hydrogen) atoms. The van der Waals surface area contributed by atoms with Gasteiger partial charge in [-0.15, -0.1) is 0 Å². The van der Waals surface area contributed by atoms with Gasteiger partial charge in [-0.25, -0.2) is 0 Å². The van der Waals surface area contributed by atoms with Crippen molar-refractivity contribution < 1.29 is 19.8 Å². The quantitative estimate of drug-likeness (QED) is 0.785. The van der Waals surface area contributed by atoms with E-state index in [1.807, 2.05) is 6.92 Å². The molecule has 1 atom stereocenters. The predicted octanol–water partition coefficient (Wildman–Crippen LogP) is 0.402. The monoisotopic (exact) mass is 298 g/mol. The number of nitrogens with zero attached hydrogens (tertiary/aromatic N) is 2. The first kappa shape index (κ1) is 16.2. The molecule has 0 aromatic rings. The molecule has 2 N–H and O–H groups in total. The molecule has 1 amide bonds. The predicted molar refractivity (Wildman–Crippen MR) is 77.8 cm³/mol. The number of carboxylic acids is 1. The summed E-state index contributed by atoms with van der Waals surface area (Å²) in [5, 5.41) is 18.5. The van der Waals surface area contributed by atoms with Gasteiger partial charge in [0.25, 0.3) is 0 Å². The van der Waals surface area contributed by atoms with Crippen molar-refractivity contribution >= 4 is 11.9 Å². The molecule has 6 heteroatoms. The molecule has 2 rings (SSSR count). The van der Waals surface area contributed by atoms with Crippen molar-refractivity contribution in [3.05, 3.63) is 0 Å². The molecule has 120 valence electrons. The zero-order valence-electron chi connectivity index (χ0n) is 12.7. The molecule has 0 spiro atoms. The molecule has 2 heterocycles. The molecule has 0 saturated carbocycles. The molecular formula is C15H26N2O4. The fourth-order valence-electron chi connectivity index (χ4n) is 3.26. The minimum absolute atomic E-state index is 0.106. The number of hydrogen-bond donors (Lipinski definition) is 2. The SMILES string of the molecule is CC(O)C1CCN(CC(=O)N2CCC(C(=O)O)CC2)CC1. The van der Waals surface area contributed by atoms with Crippen molar-refractivity contribution in [1.29, 1.82) is 0 Å².